The van der Waals surface area contributed by atoms with Gasteiger partial charge in [-0.25, -0.2) is 0 Å². The van der Waals surface area contributed by atoms with Crippen LogP contribution in [0.5, 0.6) is 0 Å². The maximum atomic E-state index is 11.9. The summed E-state index contributed by atoms with van der Waals surface area (Å²) in [6, 6.07) is 5.57. The molecule has 0 radical (unpaired) electrons. The van der Waals surface area contributed by atoms with Crippen LogP contribution in [0.15, 0.2) is 18.2 Å². The molecule has 0 atom stereocenters. The van der Waals surface area contributed by atoms with Crippen molar-refractivity contribution in [2.45, 2.75) is 19.8 Å². The first-order valence-electron chi connectivity index (χ1n) is 6.54. The Morgan fingerprint density at radius 2 is 2.15 bits per heavy atom. The molecule has 0 aliphatic carbocycles. The fourth-order valence-corrected chi connectivity index (χ4v) is 3.36. The molecule has 0 unspecified atom stereocenters. The third kappa shape index (κ3) is 4.36. The van der Waals surface area contributed by atoms with E-state index in [1.165, 1.54) is 24.6 Å². The lowest BCUT2D eigenvalue weighted by Gasteiger charge is -2.17. The number of rotatable bonds is 3. The number of nitrogens with one attached hydrogen (secondary N) is 1. The molecule has 1 aromatic rings. The minimum Gasteiger partial charge on any atom is -0.358 e. The summed E-state index contributed by atoms with van der Waals surface area (Å²) in [5.74, 6) is 0.238. The molecule has 0 saturated carbocycles. The Hall–Kier alpha value is -0.780. The molecule has 1 aliphatic rings. The normalized spacial score (nSPS) is 14.4. The van der Waals surface area contributed by atoms with Crippen LogP contribution in [0.4, 0.5) is 5.69 Å². The Labute approximate surface area is 134 Å². The van der Waals surface area contributed by atoms with Crippen LogP contribution in [0.2, 0.25) is 5.02 Å². The number of amides is 1. The average molecular weight is 329 g/mol. The van der Waals surface area contributed by atoms with Crippen LogP contribution in [-0.2, 0) is 4.79 Å². The standard InChI is InChI=1S/C14H17ClN2OS2/c1-10-4-5-12(11(15)8-10)16-13(18)9-20-14(19)17-6-2-3-7-17/h4-5,8H,2-3,6-7,9H2,1H3,(H,16,18). The van der Waals surface area contributed by atoms with Crippen LogP contribution in [-0.4, -0.2) is 34.0 Å². The van der Waals surface area contributed by atoms with Gasteiger partial charge in [0.1, 0.15) is 4.32 Å². The van der Waals surface area contributed by atoms with Gasteiger partial charge >= 0.3 is 0 Å². The second kappa shape index (κ2) is 7.29. The van der Waals surface area contributed by atoms with Gasteiger partial charge in [-0.2, -0.15) is 0 Å². The van der Waals surface area contributed by atoms with Crippen LogP contribution in [0, 0.1) is 6.92 Å². The molecule has 1 aliphatic heterocycles. The molecule has 0 bridgehead atoms. The number of halogens is 1. The second-order valence-electron chi connectivity index (χ2n) is 4.78. The van der Waals surface area contributed by atoms with Crippen molar-refractivity contribution in [1.29, 1.82) is 0 Å². The number of carbonyl (C=O) groups excluding carboxylic acids is 1. The lowest BCUT2D eigenvalue weighted by molar-refractivity contribution is -0.113. The van der Waals surface area contributed by atoms with E-state index in [0.29, 0.717) is 16.5 Å². The Bertz CT molecular complexity index is 516. The molecular formula is C14H17ClN2OS2. The smallest absolute Gasteiger partial charge is 0.234 e. The molecule has 1 saturated heterocycles. The highest BCUT2D eigenvalue weighted by Gasteiger charge is 2.16. The first-order chi connectivity index (χ1) is 9.56. The number of thiocarbonyl (C=S) groups is 1. The van der Waals surface area contributed by atoms with Crippen molar-refractivity contribution in [1.82, 2.24) is 4.90 Å². The first kappa shape index (κ1) is 15.6. The Balaban J connectivity index is 1.81. The molecule has 1 fully saturated rings. The van der Waals surface area contributed by atoms with Gasteiger partial charge < -0.3 is 10.2 Å². The molecule has 1 amide bonds. The Kier molecular flexibility index (Phi) is 5.69. The van der Waals surface area contributed by atoms with Gasteiger partial charge in [-0.05, 0) is 37.5 Å². The van der Waals surface area contributed by atoms with Crippen LogP contribution in [0.3, 0.4) is 0 Å². The molecule has 0 spiro atoms. The zero-order valence-corrected chi connectivity index (χ0v) is 13.7. The van der Waals surface area contributed by atoms with Crippen molar-refractivity contribution in [2.24, 2.45) is 0 Å². The van der Waals surface area contributed by atoms with E-state index in [0.717, 1.165) is 23.0 Å². The summed E-state index contributed by atoms with van der Waals surface area (Å²) in [4.78, 5) is 14.1. The van der Waals surface area contributed by atoms with Crippen molar-refractivity contribution >= 4 is 51.5 Å². The fourth-order valence-electron chi connectivity index (χ4n) is 2.03. The monoisotopic (exact) mass is 328 g/mol. The minimum absolute atomic E-state index is 0.0812. The number of hydrogen-bond donors (Lipinski definition) is 1. The molecule has 2 rings (SSSR count). The molecule has 3 nitrogen and oxygen atoms in total. The van der Waals surface area contributed by atoms with Gasteiger partial charge in [0.25, 0.3) is 0 Å². The van der Waals surface area contributed by atoms with Crippen LogP contribution in [0.1, 0.15) is 18.4 Å². The zero-order chi connectivity index (χ0) is 14.5. The average Bonchev–Trinajstić information content (AvgIpc) is 2.93. The van der Waals surface area contributed by atoms with Crippen LogP contribution < -0.4 is 5.32 Å². The van der Waals surface area contributed by atoms with E-state index in [9.17, 15) is 4.79 Å². The quantitative estimate of drug-likeness (QED) is 0.857. The van der Waals surface area contributed by atoms with Crippen molar-refractivity contribution in [3.63, 3.8) is 0 Å². The molecule has 108 valence electrons. The number of anilines is 1. The van der Waals surface area contributed by atoms with E-state index in [4.69, 9.17) is 23.8 Å². The number of nitrogens with zero attached hydrogens (tertiary/aromatic N) is 1. The fraction of sp³-hybridized carbons (Fsp3) is 0.429. The summed E-state index contributed by atoms with van der Waals surface area (Å²) in [7, 11) is 0. The topological polar surface area (TPSA) is 32.3 Å². The second-order valence-corrected chi connectivity index (χ2v) is 6.80. The lowest BCUT2D eigenvalue weighted by Crippen LogP contribution is -2.25. The zero-order valence-electron chi connectivity index (χ0n) is 11.3. The molecule has 1 heterocycles. The van der Waals surface area contributed by atoms with E-state index in [1.807, 2.05) is 25.1 Å². The van der Waals surface area contributed by atoms with E-state index in [-0.39, 0.29) is 5.91 Å². The summed E-state index contributed by atoms with van der Waals surface area (Å²) in [5.41, 5.74) is 1.72. The van der Waals surface area contributed by atoms with Crippen LogP contribution in [0.25, 0.3) is 0 Å². The SMILES string of the molecule is Cc1ccc(NC(=O)CSC(=S)N2CCCC2)c(Cl)c1. The van der Waals surface area contributed by atoms with E-state index < -0.39 is 0 Å². The Morgan fingerprint density at radius 3 is 2.80 bits per heavy atom. The highest BCUT2D eigenvalue weighted by atomic mass is 35.5. The Morgan fingerprint density at radius 1 is 1.45 bits per heavy atom. The summed E-state index contributed by atoms with van der Waals surface area (Å²) < 4.78 is 0.813. The van der Waals surface area contributed by atoms with Gasteiger partial charge in [0.15, 0.2) is 0 Å². The molecule has 1 N–H and O–H groups in total. The predicted octanol–water partition coefficient (Wildman–Crippen LogP) is 3.70. The number of thioether (sulfide) groups is 1. The van der Waals surface area contributed by atoms with Gasteiger partial charge in [0, 0.05) is 13.1 Å². The summed E-state index contributed by atoms with van der Waals surface area (Å²) in [6.45, 7) is 3.98. The number of aryl methyl sites for hydroxylation is 1. The molecule has 6 heteroatoms. The number of carbonyl (C=O) groups is 1. The van der Waals surface area contributed by atoms with Crippen molar-refractivity contribution < 1.29 is 4.79 Å². The van der Waals surface area contributed by atoms with E-state index >= 15 is 0 Å². The van der Waals surface area contributed by atoms with Crippen molar-refractivity contribution in [3.05, 3.63) is 28.8 Å². The third-order valence-electron chi connectivity index (χ3n) is 3.09. The molecule has 1 aromatic carbocycles. The minimum atomic E-state index is -0.0812. The van der Waals surface area contributed by atoms with Gasteiger partial charge in [0.05, 0.1) is 16.5 Å². The van der Waals surface area contributed by atoms with E-state index in [1.54, 1.807) is 0 Å². The van der Waals surface area contributed by atoms with Gasteiger partial charge in [-0.3, -0.25) is 4.79 Å². The number of hydrogen-bond acceptors (Lipinski definition) is 3. The molecule has 0 aromatic heterocycles. The lowest BCUT2D eigenvalue weighted by atomic mass is 10.2. The van der Waals surface area contributed by atoms with Gasteiger partial charge in [-0.1, -0.05) is 41.6 Å². The molecule has 20 heavy (non-hydrogen) atoms. The summed E-state index contributed by atoms with van der Waals surface area (Å²) >= 11 is 12.8. The summed E-state index contributed by atoms with van der Waals surface area (Å²) in [5, 5.41) is 3.37. The highest BCUT2D eigenvalue weighted by molar-refractivity contribution is 8.23. The van der Waals surface area contributed by atoms with Crippen LogP contribution >= 0.6 is 35.6 Å². The highest BCUT2D eigenvalue weighted by Crippen LogP contribution is 2.23. The van der Waals surface area contributed by atoms with E-state index in [2.05, 4.69) is 10.2 Å². The number of likely N-dealkylation sites (tertiary alicyclic amines) is 1. The summed E-state index contributed by atoms with van der Waals surface area (Å²) in [6.07, 6.45) is 2.37. The number of benzene rings is 1. The predicted molar refractivity (Wildman–Crippen MR) is 90.7 cm³/mol. The van der Waals surface area contributed by atoms with Gasteiger partial charge in [0.2, 0.25) is 5.91 Å². The van der Waals surface area contributed by atoms with Gasteiger partial charge in [-0.15, -0.1) is 0 Å². The molecular weight excluding hydrogens is 312 g/mol. The maximum absolute atomic E-state index is 11.9. The van der Waals surface area contributed by atoms with Crippen molar-refractivity contribution in [2.75, 3.05) is 24.2 Å². The van der Waals surface area contributed by atoms with Crippen molar-refractivity contribution in [3.8, 4) is 0 Å². The first-order valence-corrected chi connectivity index (χ1v) is 8.31. The third-order valence-corrected chi connectivity index (χ3v) is 4.93. The maximum Gasteiger partial charge on any atom is 0.234 e. The largest absolute Gasteiger partial charge is 0.358 e.